The number of halogens is 1. The third-order valence-electron chi connectivity index (χ3n) is 3.19. The maximum Gasteiger partial charge on any atom is 0.123 e. The van der Waals surface area contributed by atoms with Crippen LogP contribution >= 0.6 is 0 Å². The van der Waals surface area contributed by atoms with Crippen LogP contribution in [-0.4, -0.2) is 38.2 Å². The zero-order valence-corrected chi connectivity index (χ0v) is 10.2. The molecule has 1 aliphatic heterocycles. The first-order chi connectivity index (χ1) is 8.35. The SMILES string of the molecule is COc1cccc(CF)c1CN1CCNCC1. The van der Waals surface area contributed by atoms with Gasteiger partial charge in [-0.15, -0.1) is 0 Å². The Bertz CT molecular complexity index is 342. The number of rotatable bonds is 4. The van der Waals surface area contributed by atoms with Crippen molar-refractivity contribution >= 4 is 0 Å². The summed E-state index contributed by atoms with van der Waals surface area (Å²) in [5, 5.41) is 3.31. The molecule has 3 nitrogen and oxygen atoms in total. The van der Waals surface area contributed by atoms with Gasteiger partial charge in [0.2, 0.25) is 0 Å². The molecule has 0 saturated carbocycles. The van der Waals surface area contributed by atoms with Crippen LogP contribution in [0.5, 0.6) is 5.75 Å². The van der Waals surface area contributed by atoms with E-state index in [-0.39, 0.29) is 0 Å². The zero-order chi connectivity index (χ0) is 12.1. The lowest BCUT2D eigenvalue weighted by molar-refractivity contribution is 0.228. The predicted molar refractivity (Wildman–Crippen MR) is 66.0 cm³/mol. The summed E-state index contributed by atoms with van der Waals surface area (Å²) in [7, 11) is 1.64. The van der Waals surface area contributed by atoms with Crippen LogP contribution < -0.4 is 10.1 Å². The number of benzene rings is 1. The van der Waals surface area contributed by atoms with E-state index in [1.807, 2.05) is 18.2 Å². The van der Waals surface area contributed by atoms with Crippen molar-refractivity contribution in [1.29, 1.82) is 0 Å². The van der Waals surface area contributed by atoms with E-state index in [1.165, 1.54) is 0 Å². The van der Waals surface area contributed by atoms with E-state index in [4.69, 9.17) is 4.74 Å². The number of nitrogens with zero attached hydrogens (tertiary/aromatic N) is 1. The smallest absolute Gasteiger partial charge is 0.123 e. The molecule has 4 heteroatoms. The number of piperazine rings is 1. The number of methoxy groups -OCH3 is 1. The number of alkyl halides is 1. The Morgan fingerprint density at radius 3 is 2.76 bits per heavy atom. The van der Waals surface area contributed by atoms with Crippen LogP contribution in [0.4, 0.5) is 4.39 Å². The molecule has 0 aromatic heterocycles. The van der Waals surface area contributed by atoms with E-state index in [9.17, 15) is 4.39 Å². The minimum atomic E-state index is -0.432. The number of ether oxygens (including phenoxy) is 1. The second-order valence-corrected chi connectivity index (χ2v) is 4.26. The van der Waals surface area contributed by atoms with Gasteiger partial charge in [0.05, 0.1) is 7.11 Å². The highest BCUT2D eigenvalue weighted by atomic mass is 19.1. The predicted octanol–water partition coefficient (Wildman–Crippen LogP) is 1.57. The fourth-order valence-corrected chi connectivity index (χ4v) is 2.20. The summed E-state index contributed by atoms with van der Waals surface area (Å²) in [6.45, 7) is 4.34. The fraction of sp³-hybridized carbons (Fsp3) is 0.538. The molecule has 17 heavy (non-hydrogen) atoms. The standard InChI is InChI=1S/C13H19FN2O/c1-17-13-4-2-3-11(9-14)12(13)10-16-7-5-15-6-8-16/h2-4,15H,5-10H2,1H3. The highest BCUT2D eigenvalue weighted by molar-refractivity contribution is 5.40. The van der Waals surface area contributed by atoms with Crippen molar-refractivity contribution in [2.75, 3.05) is 33.3 Å². The third-order valence-corrected chi connectivity index (χ3v) is 3.19. The van der Waals surface area contributed by atoms with Crippen molar-refractivity contribution in [3.05, 3.63) is 29.3 Å². The van der Waals surface area contributed by atoms with Gasteiger partial charge in [0.25, 0.3) is 0 Å². The zero-order valence-electron chi connectivity index (χ0n) is 10.2. The van der Waals surface area contributed by atoms with Gasteiger partial charge in [-0.1, -0.05) is 12.1 Å². The first-order valence-electron chi connectivity index (χ1n) is 5.99. The molecule has 0 amide bonds. The second kappa shape index (κ2) is 5.98. The highest BCUT2D eigenvalue weighted by Crippen LogP contribution is 2.24. The average Bonchev–Trinajstić information content (AvgIpc) is 2.40. The molecular weight excluding hydrogens is 219 g/mol. The monoisotopic (exact) mass is 238 g/mol. The normalized spacial score (nSPS) is 17.1. The van der Waals surface area contributed by atoms with Crippen LogP contribution in [0.25, 0.3) is 0 Å². The molecule has 0 atom stereocenters. The summed E-state index contributed by atoms with van der Waals surface area (Å²) in [5.74, 6) is 0.790. The van der Waals surface area contributed by atoms with Gasteiger partial charge in [-0.05, 0) is 11.6 Å². The molecule has 0 aliphatic carbocycles. The molecule has 0 spiro atoms. The molecule has 2 rings (SSSR count). The van der Waals surface area contributed by atoms with Crippen molar-refractivity contribution in [2.24, 2.45) is 0 Å². The fourth-order valence-electron chi connectivity index (χ4n) is 2.20. The molecule has 1 aromatic carbocycles. The molecule has 0 bridgehead atoms. The molecular formula is C13H19FN2O. The van der Waals surface area contributed by atoms with Crippen LogP contribution in [0.3, 0.4) is 0 Å². The Morgan fingerprint density at radius 1 is 1.35 bits per heavy atom. The van der Waals surface area contributed by atoms with E-state index in [0.29, 0.717) is 0 Å². The van der Waals surface area contributed by atoms with Crippen molar-refractivity contribution in [3.8, 4) is 5.75 Å². The maximum absolute atomic E-state index is 13.0. The van der Waals surface area contributed by atoms with Gasteiger partial charge in [-0.3, -0.25) is 4.90 Å². The first-order valence-corrected chi connectivity index (χ1v) is 5.99. The van der Waals surface area contributed by atoms with E-state index in [1.54, 1.807) is 7.11 Å². The van der Waals surface area contributed by atoms with Crippen molar-refractivity contribution in [2.45, 2.75) is 13.2 Å². The quantitative estimate of drug-likeness (QED) is 0.861. The summed E-state index contributed by atoms with van der Waals surface area (Å²) < 4.78 is 18.3. The van der Waals surface area contributed by atoms with Gasteiger partial charge in [0.1, 0.15) is 12.4 Å². The molecule has 1 aliphatic rings. The molecule has 1 fully saturated rings. The summed E-state index contributed by atoms with van der Waals surface area (Å²) >= 11 is 0. The van der Waals surface area contributed by atoms with E-state index in [0.717, 1.165) is 49.6 Å². The minimum Gasteiger partial charge on any atom is -0.496 e. The van der Waals surface area contributed by atoms with Crippen LogP contribution in [0, 0.1) is 0 Å². The van der Waals surface area contributed by atoms with Crippen LogP contribution in [0.1, 0.15) is 11.1 Å². The Labute approximate surface area is 102 Å². The molecule has 0 unspecified atom stereocenters. The molecule has 1 N–H and O–H groups in total. The Morgan fingerprint density at radius 2 is 2.12 bits per heavy atom. The van der Waals surface area contributed by atoms with Gasteiger partial charge in [-0.25, -0.2) is 4.39 Å². The van der Waals surface area contributed by atoms with Crippen molar-refractivity contribution in [1.82, 2.24) is 10.2 Å². The Balaban J connectivity index is 2.16. The molecule has 1 saturated heterocycles. The third kappa shape index (κ3) is 2.96. The van der Waals surface area contributed by atoms with E-state index >= 15 is 0 Å². The van der Waals surface area contributed by atoms with Crippen LogP contribution in [0.2, 0.25) is 0 Å². The molecule has 1 aromatic rings. The topological polar surface area (TPSA) is 24.5 Å². The van der Waals surface area contributed by atoms with Crippen molar-refractivity contribution < 1.29 is 9.13 Å². The van der Waals surface area contributed by atoms with E-state index in [2.05, 4.69) is 10.2 Å². The summed E-state index contributed by atoms with van der Waals surface area (Å²) in [5.41, 5.74) is 1.72. The van der Waals surface area contributed by atoms with Gasteiger partial charge >= 0.3 is 0 Å². The van der Waals surface area contributed by atoms with Gasteiger partial charge < -0.3 is 10.1 Å². The van der Waals surface area contributed by atoms with Gasteiger partial charge in [0, 0.05) is 38.3 Å². The minimum absolute atomic E-state index is 0.432. The van der Waals surface area contributed by atoms with Gasteiger partial charge in [0.15, 0.2) is 0 Å². The number of hydrogen-bond donors (Lipinski definition) is 1. The largest absolute Gasteiger partial charge is 0.496 e. The van der Waals surface area contributed by atoms with Crippen LogP contribution in [-0.2, 0) is 13.2 Å². The number of hydrogen-bond acceptors (Lipinski definition) is 3. The molecule has 94 valence electrons. The Kier molecular flexibility index (Phi) is 4.34. The number of nitrogens with one attached hydrogen (secondary N) is 1. The molecule has 1 heterocycles. The maximum atomic E-state index is 13.0. The molecule has 0 radical (unpaired) electrons. The second-order valence-electron chi connectivity index (χ2n) is 4.26. The lowest BCUT2D eigenvalue weighted by atomic mass is 10.1. The summed E-state index contributed by atoms with van der Waals surface area (Å²) in [6, 6.07) is 5.58. The van der Waals surface area contributed by atoms with E-state index < -0.39 is 6.67 Å². The first kappa shape index (κ1) is 12.3. The lowest BCUT2D eigenvalue weighted by Crippen LogP contribution is -2.43. The summed E-state index contributed by atoms with van der Waals surface area (Å²) in [4.78, 5) is 2.33. The van der Waals surface area contributed by atoms with Crippen molar-refractivity contribution in [3.63, 3.8) is 0 Å². The average molecular weight is 238 g/mol. The van der Waals surface area contributed by atoms with Crippen LogP contribution in [0.15, 0.2) is 18.2 Å². The van der Waals surface area contributed by atoms with Gasteiger partial charge in [-0.2, -0.15) is 0 Å². The lowest BCUT2D eigenvalue weighted by Gasteiger charge is -2.28. The summed E-state index contributed by atoms with van der Waals surface area (Å²) in [6.07, 6.45) is 0. The highest BCUT2D eigenvalue weighted by Gasteiger charge is 2.15. The Hall–Kier alpha value is -1.13.